The molecule has 0 spiro atoms. The highest BCUT2D eigenvalue weighted by molar-refractivity contribution is 5.83. The number of carbonyl (C=O) groups excluding carboxylic acids is 1. The number of rotatable bonds is 10. The highest BCUT2D eigenvalue weighted by Gasteiger charge is 2.37. The predicted molar refractivity (Wildman–Crippen MR) is 132 cm³/mol. The lowest BCUT2D eigenvalue weighted by molar-refractivity contribution is -0.119. The van der Waals surface area contributed by atoms with Crippen molar-refractivity contribution >= 4 is 11.7 Å². The smallest absolute Gasteiger partial charge is 0.239 e. The number of anilines is 1. The number of hydrogen-bond acceptors (Lipinski definition) is 8. The summed E-state index contributed by atoms with van der Waals surface area (Å²) in [5.74, 6) is 0.392. The number of primary amides is 1. The Labute approximate surface area is 209 Å². The monoisotopic (exact) mass is 498 g/mol. The summed E-state index contributed by atoms with van der Waals surface area (Å²) in [6, 6.07) is 7.96. The van der Waals surface area contributed by atoms with Crippen molar-refractivity contribution in [1.82, 2.24) is 9.88 Å². The highest BCUT2D eigenvalue weighted by atomic mass is 19.1. The van der Waals surface area contributed by atoms with Crippen molar-refractivity contribution in [3.05, 3.63) is 59.1 Å². The topological polar surface area (TPSA) is 123 Å². The maximum absolute atomic E-state index is 15.8. The van der Waals surface area contributed by atoms with E-state index in [1.54, 1.807) is 43.4 Å². The Morgan fingerprint density at radius 3 is 2.72 bits per heavy atom. The van der Waals surface area contributed by atoms with Gasteiger partial charge < -0.3 is 30.0 Å². The Morgan fingerprint density at radius 1 is 1.33 bits per heavy atom. The van der Waals surface area contributed by atoms with Gasteiger partial charge in [0.2, 0.25) is 5.91 Å². The van der Waals surface area contributed by atoms with Crippen LogP contribution in [0.1, 0.15) is 43.2 Å². The maximum atomic E-state index is 15.8. The zero-order valence-corrected chi connectivity index (χ0v) is 20.7. The normalized spacial score (nSPS) is 16.1. The number of hydrogen-bond donors (Lipinski definition) is 3. The van der Waals surface area contributed by atoms with Gasteiger partial charge in [0.15, 0.2) is 17.4 Å². The van der Waals surface area contributed by atoms with Gasteiger partial charge in [-0.15, -0.1) is 0 Å². The van der Waals surface area contributed by atoms with E-state index in [0.717, 1.165) is 5.56 Å². The minimum atomic E-state index is -1.15. The number of ether oxygens (including phenoxy) is 2. The van der Waals surface area contributed by atoms with Crippen LogP contribution in [-0.2, 0) is 17.9 Å². The third-order valence-electron chi connectivity index (χ3n) is 6.23. The van der Waals surface area contributed by atoms with Gasteiger partial charge in [-0.1, -0.05) is 19.9 Å². The number of pyridine rings is 1. The van der Waals surface area contributed by atoms with Crippen LogP contribution in [0.3, 0.4) is 0 Å². The van der Waals surface area contributed by atoms with Crippen molar-refractivity contribution in [3.63, 3.8) is 0 Å². The molecule has 1 aliphatic rings. The molecular weight excluding hydrogens is 467 g/mol. The molecule has 192 valence electrons. The van der Waals surface area contributed by atoms with Gasteiger partial charge in [0.1, 0.15) is 29.5 Å². The van der Waals surface area contributed by atoms with E-state index in [4.69, 9.17) is 19.6 Å². The van der Waals surface area contributed by atoms with E-state index in [0.29, 0.717) is 34.9 Å². The fraction of sp³-hybridized carbons (Fsp3) is 0.385. The lowest BCUT2D eigenvalue weighted by Gasteiger charge is -2.22. The quantitative estimate of drug-likeness (QED) is 0.386. The van der Waals surface area contributed by atoms with Crippen LogP contribution in [0, 0.1) is 11.7 Å². The molecule has 3 heterocycles. The number of nitrogens with one attached hydrogen (secondary N) is 1. The Kier molecular flexibility index (Phi) is 7.46. The number of fused-ring (bicyclic) bond motifs is 1. The first kappa shape index (κ1) is 25.5. The molecule has 0 radical (unpaired) electrons. The van der Waals surface area contributed by atoms with Gasteiger partial charge in [0, 0.05) is 35.8 Å². The van der Waals surface area contributed by atoms with Crippen molar-refractivity contribution < 1.29 is 28.2 Å². The highest BCUT2D eigenvalue weighted by Crippen LogP contribution is 2.43. The molecule has 2 aromatic heterocycles. The molecule has 0 aliphatic carbocycles. The number of carbonyl (C=O) groups is 1. The molecule has 1 amide bonds. The van der Waals surface area contributed by atoms with Crippen molar-refractivity contribution in [2.75, 3.05) is 19.5 Å². The first-order valence-electron chi connectivity index (χ1n) is 11.7. The van der Waals surface area contributed by atoms with Crippen LogP contribution < -0.4 is 20.5 Å². The van der Waals surface area contributed by atoms with Gasteiger partial charge in [-0.2, -0.15) is 0 Å². The van der Waals surface area contributed by atoms with Crippen molar-refractivity contribution in [2.24, 2.45) is 11.7 Å². The van der Waals surface area contributed by atoms with E-state index in [1.165, 1.54) is 6.26 Å². The molecule has 1 aromatic carbocycles. The summed E-state index contributed by atoms with van der Waals surface area (Å²) in [6.07, 6.45) is 0.743. The van der Waals surface area contributed by atoms with Crippen molar-refractivity contribution in [1.29, 1.82) is 0 Å². The lowest BCUT2D eigenvalue weighted by atomic mass is 10.0. The van der Waals surface area contributed by atoms with Crippen LogP contribution in [0.5, 0.6) is 11.5 Å². The van der Waals surface area contributed by atoms with E-state index in [2.05, 4.69) is 10.3 Å². The molecule has 0 bridgehead atoms. The molecule has 4 rings (SSSR count). The molecule has 10 heteroatoms. The van der Waals surface area contributed by atoms with E-state index < -0.39 is 24.0 Å². The molecule has 4 N–H and O–H groups in total. The van der Waals surface area contributed by atoms with E-state index in [1.807, 2.05) is 19.9 Å². The fourth-order valence-electron chi connectivity index (χ4n) is 4.45. The number of benzene rings is 1. The van der Waals surface area contributed by atoms with Crippen LogP contribution in [0.15, 0.2) is 41.0 Å². The second-order valence-electron chi connectivity index (χ2n) is 9.18. The summed E-state index contributed by atoms with van der Waals surface area (Å²) in [5, 5.41) is 14.2. The number of furan rings is 1. The molecule has 0 saturated heterocycles. The van der Waals surface area contributed by atoms with Gasteiger partial charge in [-0.05, 0) is 30.5 Å². The Balaban J connectivity index is 1.73. The standard InChI is InChI=1S/C26H31FN4O5/c1-14(2)10-18(24(28)32)29-25-22(27)17-13-31(12-15-7-8-16(34-3)11-20(15)35-4)26(33)21(17)23(30-25)19-6-5-9-36-19/h5-9,11,14,18,26,33H,10,12-13H2,1-4H3,(H2,28,32)(H,29,30)/t18-,26?/m1/s1. The number of amides is 1. The van der Waals surface area contributed by atoms with Gasteiger partial charge in [0.25, 0.3) is 0 Å². The third kappa shape index (κ3) is 5.00. The molecule has 2 atom stereocenters. The summed E-state index contributed by atoms with van der Waals surface area (Å²) >= 11 is 0. The summed E-state index contributed by atoms with van der Waals surface area (Å²) < 4.78 is 32.1. The number of aliphatic hydroxyl groups is 1. The minimum Gasteiger partial charge on any atom is -0.497 e. The Morgan fingerprint density at radius 2 is 2.11 bits per heavy atom. The van der Waals surface area contributed by atoms with Crippen LogP contribution in [0.2, 0.25) is 0 Å². The Bertz CT molecular complexity index is 1230. The first-order valence-corrected chi connectivity index (χ1v) is 11.7. The number of aromatic nitrogens is 1. The van der Waals surface area contributed by atoms with Gasteiger partial charge in [0.05, 0.1) is 20.5 Å². The number of aliphatic hydroxyl groups excluding tert-OH is 1. The molecular formula is C26H31FN4O5. The third-order valence-corrected chi connectivity index (χ3v) is 6.23. The van der Waals surface area contributed by atoms with Crippen LogP contribution in [0.4, 0.5) is 10.2 Å². The maximum Gasteiger partial charge on any atom is 0.239 e. The number of halogens is 1. The molecule has 3 aromatic rings. The largest absolute Gasteiger partial charge is 0.497 e. The fourth-order valence-corrected chi connectivity index (χ4v) is 4.45. The van der Waals surface area contributed by atoms with Crippen LogP contribution in [-0.4, -0.2) is 41.2 Å². The molecule has 1 aliphatic heterocycles. The lowest BCUT2D eigenvalue weighted by Crippen LogP contribution is -2.37. The first-order chi connectivity index (χ1) is 17.2. The zero-order valence-electron chi connectivity index (χ0n) is 20.7. The second kappa shape index (κ2) is 10.5. The SMILES string of the molecule is COc1ccc(CN2Cc3c(F)c(N[C@H](CC(C)C)C(N)=O)nc(-c4ccco4)c3C2O)c(OC)c1. The summed E-state index contributed by atoms with van der Waals surface area (Å²) in [4.78, 5) is 18.2. The number of nitrogens with zero attached hydrogens (tertiary/aromatic N) is 2. The summed E-state index contributed by atoms with van der Waals surface area (Å²) in [6.45, 7) is 4.27. The van der Waals surface area contributed by atoms with Gasteiger partial charge in [-0.25, -0.2) is 9.37 Å². The van der Waals surface area contributed by atoms with Crippen molar-refractivity contribution in [2.45, 2.75) is 45.6 Å². The predicted octanol–water partition coefficient (Wildman–Crippen LogP) is 3.82. The molecule has 0 fully saturated rings. The summed E-state index contributed by atoms with van der Waals surface area (Å²) in [7, 11) is 3.12. The zero-order chi connectivity index (χ0) is 26.0. The second-order valence-corrected chi connectivity index (χ2v) is 9.18. The molecule has 36 heavy (non-hydrogen) atoms. The minimum absolute atomic E-state index is 0.105. The number of nitrogens with two attached hydrogens (primary N) is 1. The van der Waals surface area contributed by atoms with E-state index in [9.17, 15) is 9.90 Å². The van der Waals surface area contributed by atoms with Gasteiger partial charge >= 0.3 is 0 Å². The molecule has 9 nitrogen and oxygen atoms in total. The van der Waals surface area contributed by atoms with Gasteiger partial charge in [-0.3, -0.25) is 9.69 Å². The molecule has 1 unspecified atom stereocenters. The van der Waals surface area contributed by atoms with Crippen molar-refractivity contribution in [3.8, 4) is 23.0 Å². The Hall–Kier alpha value is -3.63. The van der Waals surface area contributed by atoms with E-state index in [-0.39, 0.29) is 30.4 Å². The van der Waals surface area contributed by atoms with Crippen LogP contribution in [0.25, 0.3) is 11.5 Å². The average molecular weight is 499 g/mol. The summed E-state index contributed by atoms with van der Waals surface area (Å²) in [5.41, 5.74) is 7.25. The molecule has 0 saturated carbocycles. The van der Waals surface area contributed by atoms with E-state index >= 15 is 4.39 Å². The van der Waals surface area contributed by atoms with Crippen LogP contribution >= 0.6 is 0 Å². The average Bonchev–Trinajstić information content (AvgIpc) is 3.49. The number of methoxy groups -OCH3 is 2.